The first-order valence-corrected chi connectivity index (χ1v) is 16.5. The Morgan fingerprint density at radius 3 is 2.32 bits per heavy atom. The number of rotatable bonds is 8. The van der Waals surface area contributed by atoms with Crippen LogP contribution >= 0.6 is 0 Å². The van der Waals surface area contributed by atoms with Gasteiger partial charge in [-0.2, -0.15) is 0 Å². The van der Waals surface area contributed by atoms with Crippen LogP contribution in [0, 0.1) is 11.8 Å². The smallest absolute Gasteiger partial charge is 0.330 e. The van der Waals surface area contributed by atoms with E-state index in [1.807, 2.05) is 54.5 Å². The normalized spacial score (nSPS) is 32.7. The van der Waals surface area contributed by atoms with Crippen molar-refractivity contribution in [3.05, 3.63) is 63.3 Å². The second-order valence-corrected chi connectivity index (χ2v) is 15.3. The summed E-state index contributed by atoms with van der Waals surface area (Å²) in [5.41, 5.74) is -1.83. The molecule has 3 aliphatic heterocycles. The number of hydrogen-bond acceptors (Lipinski definition) is 8. The van der Waals surface area contributed by atoms with Crippen LogP contribution in [0.5, 0.6) is 17.2 Å². The van der Waals surface area contributed by atoms with E-state index in [1.165, 1.54) is 18.6 Å². The first kappa shape index (κ1) is 33.2. The molecule has 2 fully saturated rings. The number of carboxylic acids is 1. The van der Waals surface area contributed by atoms with Gasteiger partial charge in [0.2, 0.25) is 0 Å². The van der Waals surface area contributed by atoms with E-state index in [0.717, 1.165) is 12.0 Å². The van der Waals surface area contributed by atoms with Gasteiger partial charge in [-0.25, -0.2) is 4.79 Å². The summed E-state index contributed by atoms with van der Waals surface area (Å²) in [7, 11) is 0. The summed E-state index contributed by atoms with van der Waals surface area (Å²) in [4.78, 5) is 40.9. The van der Waals surface area contributed by atoms with E-state index in [4.69, 9.17) is 14.2 Å². The Labute approximate surface area is 276 Å². The van der Waals surface area contributed by atoms with Gasteiger partial charge in [-0.15, -0.1) is 0 Å². The molecule has 9 heteroatoms. The number of carbonyl (C=O) groups is 3. The van der Waals surface area contributed by atoms with Crippen molar-refractivity contribution in [3.8, 4) is 17.2 Å². The molecule has 0 aromatic heterocycles. The van der Waals surface area contributed by atoms with Crippen LogP contribution in [0.2, 0.25) is 0 Å². The molecule has 47 heavy (non-hydrogen) atoms. The Balaban J connectivity index is 1.60. The van der Waals surface area contributed by atoms with Crippen LogP contribution in [0.3, 0.4) is 0 Å². The number of phenolic OH excluding ortho intramolecular Hbond substituents is 1. The lowest BCUT2D eigenvalue weighted by Gasteiger charge is -2.56. The van der Waals surface area contributed by atoms with Gasteiger partial charge in [0, 0.05) is 41.4 Å². The van der Waals surface area contributed by atoms with Gasteiger partial charge in [-0.1, -0.05) is 35.5 Å². The average Bonchev–Trinajstić information content (AvgIpc) is 3.11. The molecule has 1 saturated heterocycles. The zero-order chi connectivity index (χ0) is 34.4. The van der Waals surface area contributed by atoms with Gasteiger partial charge in [-0.3, -0.25) is 9.59 Å². The number of aromatic hydroxyl groups is 1. The number of carbonyl (C=O) groups excluding carboxylic acids is 2. The molecule has 1 aromatic carbocycles. The van der Waals surface area contributed by atoms with E-state index in [2.05, 4.69) is 6.08 Å². The highest BCUT2D eigenvalue weighted by Crippen LogP contribution is 2.69. The Kier molecular flexibility index (Phi) is 7.72. The standard InChI is InChI=1S/C38H46O9/c1-19(2)10-9-14-36(8)18-25(39)27-30(41)28-29(40)24-16-22-17-26-35(6,7)47-37(33(22)42,15-13-21(5)34(43)44)38(24,26)46-32(28)23(31(27)45-36)12-11-20(3)4/h10-11,13,16,22,25-26,39,41H,9,12,14-15,17-18H2,1-8H3,(H,43,44)/b21-13+/t22-,25+,26-,36-,37+,38+/m1/s1. The molecule has 3 aliphatic carbocycles. The summed E-state index contributed by atoms with van der Waals surface area (Å²) in [5, 5.41) is 33.0. The number of aliphatic hydroxyl groups is 1. The first-order valence-electron chi connectivity index (χ1n) is 16.5. The van der Waals surface area contributed by atoms with Crippen LogP contribution in [0.1, 0.15) is 115 Å². The van der Waals surface area contributed by atoms with Gasteiger partial charge in [0.1, 0.15) is 28.4 Å². The Morgan fingerprint density at radius 2 is 1.68 bits per heavy atom. The van der Waals surface area contributed by atoms with E-state index in [0.29, 0.717) is 18.4 Å². The van der Waals surface area contributed by atoms with E-state index >= 15 is 0 Å². The summed E-state index contributed by atoms with van der Waals surface area (Å²) in [6, 6.07) is 0. The van der Waals surface area contributed by atoms with Crippen molar-refractivity contribution in [3.63, 3.8) is 0 Å². The minimum atomic E-state index is -1.67. The van der Waals surface area contributed by atoms with Gasteiger partial charge in [-0.05, 0) is 81.1 Å². The first-order chi connectivity index (χ1) is 21.9. The molecule has 252 valence electrons. The molecule has 0 radical (unpaired) electrons. The Bertz CT molecular complexity index is 1720. The van der Waals surface area contributed by atoms with Crippen LogP contribution < -0.4 is 9.47 Å². The predicted octanol–water partition coefficient (Wildman–Crippen LogP) is 6.65. The number of benzene rings is 1. The van der Waals surface area contributed by atoms with Crippen molar-refractivity contribution < 1.29 is 43.9 Å². The minimum absolute atomic E-state index is 0.0497. The highest BCUT2D eigenvalue weighted by molar-refractivity contribution is 6.18. The van der Waals surface area contributed by atoms with Crippen molar-refractivity contribution >= 4 is 17.5 Å². The number of ketones is 2. The second kappa shape index (κ2) is 10.9. The Morgan fingerprint density at radius 1 is 1.00 bits per heavy atom. The van der Waals surface area contributed by atoms with Crippen molar-refractivity contribution in [1.82, 2.24) is 0 Å². The fourth-order valence-corrected chi connectivity index (χ4v) is 8.64. The third kappa shape index (κ3) is 4.75. The molecule has 1 spiro atoms. The Hall–Kier alpha value is -3.69. The van der Waals surface area contributed by atoms with E-state index in [-0.39, 0.29) is 64.6 Å². The van der Waals surface area contributed by atoms with Crippen LogP contribution in [0.25, 0.3) is 0 Å². The van der Waals surface area contributed by atoms with Crippen LogP contribution in [-0.2, 0) is 20.7 Å². The molecule has 0 unspecified atom stereocenters. The molecule has 0 amide bonds. The highest BCUT2D eigenvalue weighted by Gasteiger charge is 2.81. The molecule has 7 rings (SSSR count). The van der Waals surface area contributed by atoms with E-state index in [1.54, 1.807) is 6.08 Å². The largest absolute Gasteiger partial charge is 0.506 e. The fourth-order valence-electron chi connectivity index (χ4n) is 8.64. The van der Waals surface area contributed by atoms with Crippen LogP contribution in [0.15, 0.2) is 46.6 Å². The number of aliphatic hydroxyl groups excluding tert-OH is 1. The number of ether oxygens (including phenoxy) is 3. The molecular formula is C38H46O9. The van der Waals surface area contributed by atoms with Gasteiger partial charge in [0.25, 0.3) is 0 Å². The van der Waals surface area contributed by atoms with Crippen LogP contribution in [-0.4, -0.2) is 55.3 Å². The van der Waals surface area contributed by atoms with Crippen molar-refractivity contribution in [2.75, 3.05) is 0 Å². The number of carboxylic acid groups (broad SMARTS) is 1. The molecule has 9 nitrogen and oxygen atoms in total. The van der Waals surface area contributed by atoms with Crippen LogP contribution in [0.4, 0.5) is 0 Å². The maximum Gasteiger partial charge on any atom is 0.330 e. The molecular weight excluding hydrogens is 600 g/mol. The zero-order valence-electron chi connectivity index (χ0n) is 28.6. The van der Waals surface area contributed by atoms with Gasteiger partial charge < -0.3 is 29.5 Å². The molecule has 6 atom stereocenters. The molecule has 3 heterocycles. The molecule has 6 aliphatic rings. The van der Waals surface area contributed by atoms with Crippen molar-refractivity contribution in [1.29, 1.82) is 0 Å². The number of Topliss-reactive ketones (excluding diaryl/α,β-unsaturated/α-hetero) is 2. The lowest BCUT2D eigenvalue weighted by atomic mass is 9.51. The van der Waals surface area contributed by atoms with E-state index < -0.39 is 52.1 Å². The number of fused-ring (bicyclic) bond motifs is 2. The maximum absolute atomic E-state index is 14.8. The quantitative estimate of drug-likeness (QED) is 0.209. The summed E-state index contributed by atoms with van der Waals surface area (Å²) in [6.07, 6.45) is 8.28. The molecule has 1 aromatic rings. The zero-order valence-corrected chi connectivity index (χ0v) is 28.6. The predicted molar refractivity (Wildman–Crippen MR) is 175 cm³/mol. The third-order valence-electron chi connectivity index (χ3n) is 10.9. The minimum Gasteiger partial charge on any atom is -0.506 e. The topological polar surface area (TPSA) is 140 Å². The number of allylic oxidation sites excluding steroid dienone is 5. The summed E-state index contributed by atoms with van der Waals surface area (Å²) < 4.78 is 20.6. The second-order valence-electron chi connectivity index (χ2n) is 15.3. The lowest BCUT2D eigenvalue weighted by molar-refractivity contribution is -0.171. The fraction of sp³-hybridized carbons (Fsp3) is 0.553. The summed E-state index contributed by atoms with van der Waals surface area (Å²) in [5.74, 6) is -2.90. The monoisotopic (exact) mass is 646 g/mol. The van der Waals surface area contributed by atoms with Gasteiger partial charge in [0.05, 0.1) is 17.3 Å². The molecule has 3 N–H and O–H groups in total. The average molecular weight is 647 g/mol. The molecule has 4 bridgehead atoms. The number of aliphatic carboxylic acids is 1. The molecule has 1 saturated carbocycles. The van der Waals surface area contributed by atoms with Gasteiger partial charge >= 0.3 is 5.97 Å². The third-order valence-corrected chi connectivity index (χ3v) is 10.9. The van der Waals surface area contributed by atoms with Crippen molar-refractivity contribution in [2.45, 2.75) is 122 Å². The SMILES string of the molecule is CC(C)=CCC[C@]1(C)C[C@H](O)c2c(O)c3c(c(CC=C(C)C)c2O1)O[C@@]12C(=C[C@@H]4C[C@@H]1C(C)(C)O[C@@]2(C/C=C(\C)C(=O)O)C4=O)C3=O. The van der Waals surface area contributed by atoms with Gasteiger partial charge in [0.15, 0.2) is 22.8 Å². The van der Waals surface area contributed by atoms with E-state index in [9.17, 15) is 29.7 Å². The lowest BCUT2D eigenvalue weighted by Crippen LogP contribution is -2.72. The summed E-state index contributed by atoms with van der Waals surface area (Å²) >= 11 is 0. The number of phenols is 1. The van der Waals surface area contributed by atoms with Crippen molar-refractivity contribution in [2.24, 2.45) is 11.8 Å². The maximum atomic E-state index is 14.8. The number of hydrogen-bond donors (Lipinski definition) is 3. The summed E-state index contributed by atoms with van der Waals surface area (Å²) in [6.45, 7) is 15.1. The highest BCUT2D eigenvalue weighted by atomic mass is 16.6.